The van der Waals surface area contributed by atoms with Gasteiger partial charge in [-0.05, 0) is 25.7 Å². The van der Waals surface area contributed by atoms with Gasteiger partial charge in [-0.15, -0.1) is 0 Å². The molecule has 0 bridgehead atoms. The first kappa shape index (κ1) is 25.6. The van der Waals surface area contributed by atoms with E-state index in [-0.39, 0.29) is 5.97 Å². The maximum Gasteiger partial charge on any atom is 0.330 e. The molecule has 0 amide bonds. The van der Waals surface area contributed by atoms with Gasteiger partial charge in [0.05, 0.1) is 13.2 Å². The Balaban J connectivity index is 4.03. The average molecular weight is 385 g/mol. The molecule has 5 heteroatoms. The molecule has 0 aliphatic carbocycles. The van der Waals surface area contributed by atoms with Gasteiger partial charge >= 0.3 is 11.9 Å². The number of aliphatic hydroxyl groups is 1. The fourth-order valence-electron chi connectivity index (χ4n) is 3.09. The SMILES string of the molecule is C=CC(=O)OC(CCCCCCCC(=O)OC)C(O)CCCCCCCC. The number of carbonyl (C=O) groups is 2. The van der Waals surface area contributed by atoms with Crippen molar-refractivity contribution in [1.29, 1.82) is 0 Å². The normalized spacial score (nSPS) is 13.0. The van der Waals surface area contributed by atoms with Gasteiger partial charge in [0, 0.05) is 12.5 Å². The van der Waals surface area contributed by atoms with Gasteiger partial charge in [-0.1, -0.05) is 71.3 Å². The molecule has 27 heavy (non-hydrogen) atoms. The van der Waals surface area contributed by atoms with Crippen molar-refractivity contribution >= 4 is 11.9 Å². The Morgan fingerprint density at radius 3 is 2.07 bits per heavy atom. The summed E-state index contributed by atoms with van der Waals surface area (Å²) in [5.74, 6) is -0.635. The van der Waals surface area contributed by atoms with Crippen molar-refractivity contribution in [2.24, 2.45) is 0 Å². The standard InChI is InChI=1S/C22H40O5/c1-4-6-7-8-10-13-16-19(23)20(27-21(24)5-2)17-14-11-9-12-15-18-22(25)26-3/h5,19-20,23H,2,4,6-18H2,1,3H3. The van der Waals surface area contributed by atoms with Crippen LogP contribution in [0.3, 0.4) is 0 Å². The minimum atomic E-state index is -0.612. The maximum absolute atomic E-state index is 11.5. The summed E-state index contributed by atoms with van der Waals surface area (Å²) in [7, 11) is 1.41. The molecule has 1 N–H and O–H groups in total. The van der Waals surface area contributed by atoms with Gasteiger partial charge in [-0.2, -0.15) is 0 Å². The van der Waals surface area contributed by atoms with E-state index in [1.165, 1.54) is 32.8 Å². The van der Waals surface area contributed by atoms with Crippen LogP contribution in [0.15, 0.2) is 12.7 Å². The molecule has 0 rings (SSSR count). The van der Waals surface area contributed by atoms with Crippen molar-refractivity contribution in [1.82, 2.24) is 0 Å². The lowest BCUT2D eigenvalue weighted by atomic mass is 9.99. The highest BCUT2D eigenvalue weighted by molar-refractivity contribution is 5.81. The predicted octanol–water partition coefficient (Wildman–Crippen LogP) is 5.10. The van der Waals surface area contributed by atoms with Crippen molar-refractivity contribution in [3.8, 4) is 0 Å². The Bertz CT molecular complexity index is 394. The summed E-state index contributed by atoms with van der Waals surface area (Å²) in [6.45, 7) is 5.63. The lowest BCUT2D eigenvalue weighted by Gasteiger charge is -2.23. The van der Waals surface area contributed by atoms with Gasteiger partial charge in [0.2, 0.25) is 0 Å². The predicted molar refractivity (Wildman–Crippen MR) is 108 cm³/mol. The van der Waals surface area contributed by atoms with Crippen LogP contribution in [0.25, 0.3) is 0 Å². The van der Waals surface area contributed by atoms with Crippen LogP contribution in [0.1, 0.15) is 96.8 Å². The number of hydrogen-bond donors (Lipinski definition) is 1. The third-order valence-corrected chi connectivity index (χ3v) is 4.81. The molecule has 0 aromatic heterocycles. The molecule has 2 atom stereocenters. The van der Waals surface area contributed by atoms with E-state index in [2.05, 4.69) is 18.2 Å². The molecule has 0 aromatic rings. The zero-order valence-electron chi connectivity index (χ0n) is 17.4. The molecular formula is C22H40O5. The summed E-state index contributed by atoms with van der Waals surface area (Å²) in [6.07, 6.45) is 13.6. The quantitative estimate of drug-likeness (QED) is 0.202. The van der Waals surface area contributed by atoms with Crippen molar-refractivity contribution < 1.29 is 24.2 Å². The maximum atomic E-state index is 11.5. The largest absolute Gasteiger partial charge is 0.469 e. The number of hydrogen-bond acceptors (Lipinski definition) is 5. The van der Waals surface area contributed by atoms with E-state index >= 15 is 0 Å². The molecule has 0 aliphatic heterocycles. The summed E-state index contributed by atoms with van der Waals surface area (Å²) in [5.41, 5.74) is 0. The minimum absolute atomic E-state index is 0.163. The van der Waals surface area contributed by atoms with E-state index in [0.717, 1.165) is 51.0 Å². The van der Waals surface area contributed by atoms with Gasteiger partial charge in [0.25, 0.3) is 0 Å². The van der Waals surface area contributed by atoms with Crippen LogP contribution in [0.4, 0.5) is 0 Å². The average Bonchev–Trinajstić information content (AvgIpc) is 2.68. The van der Waals surface area contributed by atoms with Crippen molar-refractivity contribution in [3.63, 3.8) is 0 Å². The monoisotopic (exact) mass is 384 g/mol. The van der Waals surface area contributed by atoms with Gasteiger partial charge < -0.3 is 14.6 Å². The van der Waals surface area contributed by atoms with Crippen LogP contribution in [0.2, 0.25) is 0 Å². The second-order valence-electron chi connectivity index (χ2n) is 7.19. The summed E-state index contributed by atoms with van der Waals surface area (Å²) in [6, 6.07) is 0. The van der Waals surface area contributed by atoms with Gasteiger partial charge in [0.1, 0.15) is 6.10 Å². The lowest BCUT2D eigenvalue weighted by Crippen LogP contribution is -2.31. The smallest absolute Gasteiger partial charge is 0.330 e. The second-order valence-corrected chi connectivity index (χ2v) is 7.19. The molecule has 0 aliphatic rings. The number of rotatable bonds is 18. The topological polar surface area (TPSA) is 72.8 Å². The van der Waals surface area contributed by atoms with Crippen molar-refractivity contribution in [2.75, 3.05) is 7.11 Å². The number of ether oxygens (including phenoxy) is 2. The first-order valence-corrected chi connectivity index (χ1v) is 10.6. The fraction of sp³-hybridized carbons (Fsp3) is 0.818. The van der Waals surface area contributed by atoms with Crippen LogP contribution in [0.5, 0.6) is 0 Å². The van der Waals surface area contributed by atoms with Crippen molar-refractivity contribution in [2.45, 2.75) is 109 Å². The Hall–Kier alpha value is -1.36. The van der Waals surface area contributed by atoms with Gasteiger partial charge in [-0.3, -0.25) is 4.79 Å². The van der Waals surface area contributed by atoms with E-state index in [9.17, 15) is 14.7 Å². The third kappa shape index (κ3) is 15.4. The van der Waals surface area contributed by atoms with E-state index in [4.69, 9.17) is 4.74 Å². The highest BCUT2D eigenvalue weighted by Crippen LogP contribution is 2.18. The molecule has 5 nitrogen and oxygen atoms in total. The minimum Gasteiger partial charge on any atom is -0.469 e. The number of methoxy groups -OCH3 is 1. The molecule has 0 spiro atoms. The summed E-state index contributed by atoms with van der Waals surface area (Å²) in [4.78, 5) is 22.6. The molecule has 0 radical (unpaired) electrons. The van der Waals surface area contributed by atoms with Gasteiger partial charge in [0.15, 0.2) is 0 Å². The lowest BCUT2D eigenvalue weighted by molar-refractivity contribution is -0.149. The van der Waals surface area contributed by atoms with Crippen molar-refractivity contribution in [3.05, 3.63) is 12.7 Å². The molecule has 0 saturated carbocycles. The fourth-order valence-corrected chi connectivity index (χ4v) is 3.09. The van der Waals surface area contributed by atoms with E-state index < -0.39 is 18.2 Å². The van der Waals surface area contributed by atoms with E-state index in [1.54, 1.807) is 0 Å². The van der Waals surface area contributed by atoms with E-state index in [0.29, 0.717) is 19.3 Å². The van der Waals surface area contributed by atoms with Crippen LogP contribution >= 0.6 is 0 Å². The Morgan fingerprint density at radius 1 is 0.926 bits per heavy atom. The summed E-state index contributed by atoms with van der Waals surface area (Å²) >= 11 is 0. The number of aliphatic hydroxyl groups excluding tert-OH is 1. The number of carbonyl (C=O) groups excluding carboxylic acids is 2. The molecule has 0 aromatic carbocycles. The summed E-state index contributed by atoms with van der Waals surface area (Å²) in [5, 5.41) is 10.4. The number of unbranched alkanes of at least 4 members (excludes halogenated alkanes) is 9. The Labute approximate surface area is 165 Å². The van der Waals surface area contributed by atoms with Crippen LogP contribution in [0, 0.1) is 0 Å². The van der Waals surface area contributed by atoms with Crippen LogP contribution in [-0.4, -0.2) is 36.4 Å². The van der Waals surface area contributed by atoms with Crippen LogP contribution < -0.4 is 0 Å². The number of esters is 2. The molecule has 0 saturated heterocycles. The Morgan fingerprint density at radius 2 is 1.48 bits per heavy atom. The highest BCUT2D eigenvalue weighted by atomic mass is 16.6. The van der Waals surface area contributed by atoms with Gasteiger partial charge in [-0.25, -0.2) is 4.79 Å². The summed E-state index contributed by atoms with van der Waals surface area (Å²) < 4.78 is 9.98. The van der Waals surface area contributed by atoms with E-state index in [1.807, 2.05) is 0 Å². The first-order chi connectivity index (χ1) is 13.0. The molecule has 0 heterocycles. The second kappa shape index (κ2) is 18.0. The molecule has 158 valence electrons. The molecule has 0 fully saturated rings. The first-order valence-electron chi connectivity index (χ1n) is 10.6. The van der Waals surface area contributed by atoms with Crippen LogP contribution in [-0.2, 0) is 19.1 Å². The third-order valence-electron chi connectivity index (χ3n) is 4.81. The zero-order chi connectivity index (χ0) is 20.3. The Kier molecular flexibility index (Phi) is 17.1. The highest BCUT2D eigenvalue weighted by Gasteiger charge is 2.21. The zero-order valence-corrected chi connectivity index (χ0v) is 17.4. The molecule has 2 unspecified atom stereocenters. The molecular weight excluding hydrogens is 344 g/mol.